The quantitative estimate of drug-likeness (QED) is 0.807. The Balaban J connectivity index is 1.37. The number of aromatic nitrogens is 3. The summed E-state index contributed by atoms with van der Waals surface area (Å²) in [6, 6.07) is 7.88. The molecule has 0 bridgehead atoms. The predicted octanol–water partition coefficient (Wildman–Crippen LogP) is 2.16. The van der Waals surface area contributed by atoms with Gasteiger partial charge >= 0.3 is 0 Å². The Kier molecular flexibility index (Phi) is 5.38. The van der Waals surface area contributed by atoms with E-state index in [0.717, 1.165) is 55.4 Å². The van der Waals surface area contributed by atoms with E-state index in [4.69, 9.17) is 9.47 Å². The number of methoxy groups -OCH3 is 1. The maximum Gasteiger partial charge on any atom is 0.222 e. The number of nitrogens with zero attached hydrogens (tertiary/aromatic N) is 4. The van der Waals surface area contributed by atoms with Gasteiger partial charge in [0.1, 0.15) is 17.7 Å². The van der Waals surface area contributed by atoms with Crippen LogP contribution in [0.15, 0.2) is 24.3 Å². The zero-order chi connectivity index (χ0) is 18.6. The van der Waals surface area contributed by atoms with Gasteiger partial charge in [0.15, 0.2) is 5.82 Å². The van der Waals surface area contributed by atoms with Crippen molar-refractivity contribution < 1.29 is 14.3 Å². The van der Waals surface area contributed by atoms with Gasteiger partial charge in [-0.25, -0.2) is 0 Å². The van der Waals surface area contributed by atoms with E-state index in [2.05, 4.69) is 14.8 Å². The first-order chi connectivity index (χ1) is 13.3. The van der Waals surface area contributed by atoms with Crippen molar-refractivity contribution in [3.63, 3.8) is 0 Å². The van der Waals surface area contributed by atoms with E-state index >= 15 is 0 Å². The van der Waals surface area contributed by atoms with Gasteiger partial charge in [0.2, 0.25) is 5.91 Å². The van der Waals surface area contributed by atoms with Crippen molar-refractivity contribution in [3.8, 4) is 5.75 Å². The van der Waals surface area contributed by atoms with Crippen LogP contribution in [0.5, 0.6) is 5.75 Å². The minimum Gasteiger partial charge on any atom is -0.496 e. The van der Waals surface area contributed by atoms with Gasteiger partial charge in [0.05, 0.1) is 7.11 Å². The number of rotatable bonds is 5. The van der Waals surface area contributed by atoms with Gasteiger partial charge in [0, 0.05) is 39.1 Å². The molecule has 27 heavy (non-hydrogen) atoms. The lowest BCUT2D eigenvalue weighted by Crippen LogP contribution is -2.34. The lowest BCUT2D eigenvalue weighted by atomic mass is 10.1. The number of hydrogen-bond acceptors (Lipinski definition) is 5. The van der Waals surface area contributed by atoms with E-state index in [1.54, 1.807) is 7.11 Å². The largest absolute Gasteiger partial charge is 0.496 e. The third-order valence-corrected chi connectivity index (χ3v) is 5.43. The van der Waals surface area contributed by atoms with Gasteiger partial charge in [0.25, 0.3) is 0 Å². The molecule has 0 N–H and O–H groups in total. The average molecular weight is 370 g/mol. The van der Waals surface area contributed by atoms with Crippen LogP contribution in [0.4, 0.5) is 0 Å². The molecule has 4 rings (SSSR count). The van der Waals surface area contributed by atoms with E-state index in [1.165, 1.54) is 0 Å². The fourth-order valence-electron chi connectivity index (χ4n) is 3.92. The van der Waals surface area contributed by atoms with Crippen LogP contribution in [0.25, 0.3) is 0 Å². The van der Waals surface area contributed by atoms with Crippen LogP contribution in [0.2, 0.25) is 0 Å². The molecule has 1 aromatic heterocycles. The first-order valence-corrected chi connectivity index (χ1v) is 9.69. The summed E-state index contributed by atoms with van der Waals surface area (Å²) in [4.78, 5) is 14.7. The molecule has 0 saturated carbocycles. The van der Waals surface area contributed by atoms with Crippen molar-refractivity contribution in [2.75, 3.05) is 26.8 Å². The van der Waals surface area contributed by atoms with Crippen LogP contribution < -0.4 is 4.74 Å². The van der Waals surface area contributed by atoms with Crippen molar-refractivity contribution in [1.82, 2.24) is 19.7 Å². The summed E-state index contributed by atoms with van der Waals surface area (Å²) in [6.07, 6.45) is 4.03. The van der Waals surface area contributed by atoms with Gasteiger partial charge in [-0.15, -0.1) is 10.2 Å². The molecule has 1 amide bonds. The molecular weight excluding hydrogens is 344 g/mol. The molecule has 2 aliphatic heterocycles. The summed E-state index contributed by atoms with van der Waals surface area (Å²) < 4.78 is 13.3. The van der Waals surface area contributed by atoms with E-state index in [1.807, 2.05) is 29.2 Å². The third-order valence-electron chi connectivity index (χ3n) is 5.43. The van der Waals surface area contributed by atoms with Gasteiger partial charge in [-0.1, -0.05) is 18.2 Å². The molecule has 2 aliphatic rings. The molecule has 144 valence electrons. The fourth-order valence-corrected chi connectivity index (χ4v) is 3.92. The molecule has 7 heteroatoms. The Morgan fingerprint density at radius 2 is 2.15 bits per heavy atom. The minimum absolute atomic E-state index is 0.0547. The Labute approximate surface area is 159 Å². The van der Waals surface area contributed by atoms with Crippen molar-refractivity contribution in [2.45, 2.75) is 44.8 Å². The summed E-state index contributed by atoms with van der Waals surface area (Å²) in [6.45, 7) is 2.91. The first-order valence-electron chi connectivity index (χ1n) is 9.69. The first kappa shape index (κ1) is 18.0. The van der Waals surface area contributed by atoms with Crippen molar-refractivity contribution >= 4 is 5.91 Å². The highest BCUT2D eigenvalue weighted by molar-refractivity contribution is 5.76. The van der Waals surface area contributed by atoms with Gasteiger partial charge in [-0.3, -0.25) is 4.79 Å². The van der Waals surface area contributed by atoms with Gasteiger partial charge in [-0.05, 0) is 30.9 Å². The van der Waals surface area contributed by atoms with E-state index in [-0.39, 0.29) is 12.0 Å². The van der Waals surface area contributed by atoms with Gasteiger partial charge < -0.3 is 18.9 Å². The fraction of sp³-hybridized carbons (Fsp3) is 0.550. The number of carbonyl (C=O) groups is 1. The summed E-state index contributed by atoms with van der Waals surface area (Å²) in [5.74, 6) is 2.90. The number of aryl methyl sites for hydroxylation is 1. The number of carbonyl (C=O) groups excluding carboxylic acids is 1. The highest BCUT2D eigenvalue weighted by Crippen LogP contribution is 2.28. The molecule has 0 radical (unpaired) electrons. The number of hydrogen-bond donors (Lipinski definition) is 0. The highest BCUT2D eigenvalue weighted by Gasteiger charge is 2.27. The van der Waals surface area contributed by atoms with Gasteiger partial charge in [-0.2, -0.15) is 0 Å². The minimum atomic E-state index is 0.0547. The Bertz CT molecular complexity index is 798. The van der Waals surface area contributed by atoms with Crippen LogP contribution in [0.3, 0.4) is 0 Å². The van der Waals surface area contributed by atoms with Crippen molar-refractivity contribution in [3.05, 3.63) is 41.5 Å². The zero-order valence-corrected chi connectivity index (χ0v) is 15.8. The normalized spacial score (nSPS) is 19.6. The molecule has 0 spiro atoms. The molecule has 1 unspecified atom stereocenters. The highest BCUT2D eigenvalue weighted by atomic mass is 16.5. The molecule has 1 aromatic carbocycles. The summed E-state index contributed by atoms with van der Waals surface area (Å²) in [7, 11) is 1.66. The second-order valence-electron chi connectivity index (χ2n) is 7.07. The number of ether oxygens (including phenoxy) is 2. The van der Waals surface area contributed by atoms with Crippen LogP contribution >= 0.6 is 0 Å². The number of benzene rings is 1. The number of fused-ring (bicyclic) bond motifs is 1. The molecule has 1 saturated heterocycles. The molecule has 1 atom stereocenters. The van der Waals surface area contributed by atoms with Crippen molar-refractivity contribution in [2.24, 2.45) is 0 Å². The second-order valence-corrected chi connectivity index (χ2v) is 7.07. The maximum atomic E-state index is 12.8. The molecular formula is C20H26N4O3. The summed E-state index contributed by atoms with van der Waals surface area (Å²) in [5.41, 5.74) is 1.07. The average Bonchev–Trinajstić information content (AvgIpc) is 3.32. The van der Waals surface area contributed by atoms with E-state index < -0.39 is 0 Å². The van der Waals surface area contributed by atoms with Crippen molar-refractivity contribution in [1.29, 1.82) is 0 Å². The SMILES string of the molecule is COc1ccccc1CCC(=O)N1CCc2nnc(C3CCCO3)n2CC1. The lowest BCUT2D eigenvalue weighted by Gasteiger charge is -2.20. The monoisotopic (exact) mass is 370 g/mol. The standard InChI is InChI=1S/C20H26N4O3/c1-26-16-6-3-2-5-15(16)8-9-19(25)23-11-10-18-21-22-20(24(18)13-12-23)17-7-4-14-27-17/h2-3,5-6,17H,4,7-14H2,1H3. The molecule has 1 fully saturated rings. The Hall–Kier alpha value is -2.41. The molecule has 7 nitrogen and oxygen atoms in total. The Morgan fingerprint density at radius 3 is 2.96 bits per heavy atom. The third kappa shape index (κ3) is 3.83. The number of para-hydroxylation sites is 1. The zero-order valence-electron chi connectivity index (χ0n) is 15.8. The topological polar surface area (TPSA) is 69.5 Å². The lowest BCUT2D eigenvalue weighted by molar-refractivity contribution is -0.131. The number of amides is 1. The summed E-state index contributed by atoms with van der Waals surface area (Å²) in [5, 5.41) is 8.71. The Morgan fingerprint density at radius 1 is 1.26 bits per heavy atom. The van der Waals surface area contributed by atoms with Crippen LogP contribution in [0, 0.1) is 0 Å². The van der Waals surface area contributed by atoms with Crippen LogP contribution in [-0.2, 0) is 28.9 Å². The molecule has 0 aliphatic carbocycles. The smallest absolute Gasteiger partial charge is 0.222 e. The predicted molar refractivity (Wildman–Crippen MR) is 99.5 cm³/mol. The second kappa shape index (κ2) is 8.08. The maximum absolute atomic E-state index is 12.8. The van der Waals surface area contributed by atoms with Crippen LogP contribution in [0.1, 0.15) is 42.6 Å². The summed E-state index contributed by atoms with van der Waals surface area (Å²) >= 11 is 0. The van der Waals surface area contributed by atoms with E-state index in [9.17, 15) is 4.79 Å². The molecule has 3 heterocycles. The van der Waals surface area contributed by atoms with Crippen LogP contribution in [-0.4, -0.2) is 52.4 Å². The van der Waals surface area contributed by atoms with E-state index in [0.29, 0.717) is 25.9 Å². The molecule has 2 aromatic rings.